The highest BCUT2D eigenvalue weighted by Gasteiger charge is 2.22. The Balaban J connectivity index is 1.70. The van der Waals surface area contributed by atoms with E-state index in [1.165, 1.54) is 19.1 Å². The predicted octanol–water partition coefficient (Wildman–Crippen LogP) is 4.39. The maximum Gasteiger partial charge on any atom is 0.338 e. The summed E-state index contributed by atoms with van der Waals surface area (Å²) in [5.41, 5.74) is 2.53. The second kappa shape index (κ2) is 9.90. The van der Waals surface area contributed by atoms with Gasteiger partial charge in [-0.3, -0.25) is 19.7 Å². The molecule has 0 aliphatic rings. The van der Waals surface area contributed by atoms with Crippen LogP contribution in [0.3, 0.4) is 0 Å². The van der Waals surface area contributed by atoms with Gasteiger partial charge in [0.25, 0.3) is 5.69 Å². The van der Waals surface area contributed by atoms with Gasteiger partial charge in [0, 0.05) is 23.9 Å². The first-order valence-corrected chi connectivity index (χ1v) is 10.2. The number of nitrogens with one attached hydrogen (secondary N) is 2. The Hall–Kier alpha value is -4.27. The Kier molecular flexibility index (Phi) is 7.02. The number of Topliss-reactive ketones (excluding diaryl/α,β-unsaturated/α-hetero) is 2. The summed E-state index contributed by atoms with van der Waals surface area (Å²) in [6.45, 7) is 4.53. The summed E-state index contributed by atoms with van der Waals surface area (Å²) in [5.74, 6) is -1.55. The molecule has 0 spiro atoms. The molecule has 3 rings (SSSR count). The monoisotopic (exact) mass is 449 g/mol. The number of aromatic nitrogens is 1. The zero-order chi connectivity index (χ0) is 24.1. The number of esters is 1. The van der Waals surface area contributed by atoms with Crippen LogP contribution in [0.1, 0.15) is 54.9 Å². The van der Waals surface area contributed by atoms with Crippen molar-refractivity contribution in [1.29, 1.82) is 0 Å². The standard InChI is InChI=1S/C24H23N3O6/c1-14-22(16(3)28)15(2)26-23(14)21(29)13-33-24(30)18-9-10-19(20(11-18)27(31)32)25-12-17-7-5-4-6-8-17/h4-11,25-26H,12-13H2,1-3H3. The molecule has 0 unspecified atom stereocenters. The van der Waals surface area contributed by atoms with Gasteiger partial charge in [0.05, 0.1) is 16.2 Å². The average Bonchev–Trinajstić information content (AvgIpc) is 3.10. The second-order valence-corrected chi connectivity index (χ2v) is 7.51. The van der Waals surface area contributed by atoms with Crippen molar-refractivity contribution in [3.05, 3.63) is 92.3 Å². The van der Waals surface area contributed by atoms with E-state index in [0.717, 1.165) is 11.6 Å². The van der Waals surface area contributed by atoms with Crippen molar-refractivity contribution in [3.8, 4) is 0 Å². The molecule has 1 aromatic heterocycles. The van der Waals surface area contributed by atoms with Gasteiger partial charge in [0.15, 0.2) is 12.4 Å². The van der Waals surface area contributed by atoms with Crippen LogP contribution < -0.4 is 5.32 Å². The number of ether oxygens (including phenoxy) is 1. The molecular weight excluding hydrogens is 426 g/mol. The summed E-state index contributed by atoms with van der Waals surface area (Å²) in [6, 6.07) is 13.3. The fourth-order valence-electron chi connectivity index (χ4n) is 3.60. The highest BCUT2D eigenvalue weighted by atomic mass is 16.6. The lowest BCUT2D eigenvalue weighted by Crippen LogP contribution is -2.16. The minimum Gasteiger partial charge on any atom is -0.454 e. The first-order chi connectivity index (χ1) is 15.7. The SMILES string of the molecule is CC(=O)c1c(C)[nH]c(C(=O)COC(=O)c2ccc(NCc3ccccc3)c([N+](=O)[O-])c2)c1C. The molecule has 0 aliphatic heterocycles. The first kappa shape index (κ1) is 23.4. The predicted molar refractivity (Wildman–Crippen MR) is 122 cm³/mol. The molecule has 0 amide bonds. The smallest absolute Gasteiger partial charge is 0.338 e. The molecule has 2 aromatic carbocycles. The van der Waals surface area contributed by atoms with Crippen molar-refractivity contribution in [2.75, 3.05) is 11.9 Å². The molecule has 0 saturated carbocycles. The zero-order valence-corrected chi connectivity index (χ0v) is 18.4. The van der Waals surface area contributed by atoms with Gasteiger partial charge in [-0.05, 0) is 44.0 Å². The maximum atomic E-state index is 12.5. The van der Waals surface area contributed by atoms with E-state index < -0.39 is 23.3 Å². The molecule has 9 heteroatoms. The number of nitrogens with zero attached hydrogens (tertiary/aromatic N) is 1. The summed E-state index contributed by atoms with van der Waals surface area (Å²) < 4.78 is 5.08. The maximum absolute atomic E-state index is 12.5. The third-order valence-corrected chi connectivity index (χ3v) is 5.16. The number of rotatable bonds is 9. The molecule has 9 nitrogen and oxygen atoms in total. The highest BCUT2D eigenvalue weighted by Crippen LogP contribution is 2.27. The van der Waals surface area contributed by atoms with Crippen LogP contribution in [0.4, 0.5) is 11.4 Å². The molecule has 33 heavy (non-hydrogen) atoms. The van der Waals surface area contributed by atoms with Crippen LogP contribution in [-0.4, -0.2) is 34.0 Å². The Morgan fingerprint density at radius 3 is 2.39 bits per heavy atom. The van der Waals surface area contributed by atoms with E-state index in [4.69, 9.17) is 4.74 Å². The van der Waals surface area contributed by atoms with Gasteiger partial charge in [0.1, 0.15) is 5.69 Å². The molecule has 3 aromatic rings. The number of aromatic amines is 1. The van der Waals surface area contributed by atoms with Gasteiger partial charge in [-0.15, -0.1) is 0 Å². The number of benzene rings is 2. The van der Waals surface area contributed by atoms with E-state index in [1.807, 2.05) is 30.3 Å². The van der Waals surface area contributed by atoms with Gasteiger partial charge in [-0.25, -0.2) is 4.79 Å². The number of H-pyrrole nitrogens is 1. The normalized spacial score (nSPS) is 10.5. The average molecular weight is 449 g/mol. The Bertz CT molecular complexity index is 1230. The second-order valence-electron chi connectivity index (χ2n) is 7.51. The summed E-state index contributed by atoms with van der Waals surface area (Å²) in [4.78, 5) is 50.4. The molecule has 0 aliphatic carbocycles. The zero-order valence-electron chi connectivity index (χ0n) is 18.4. The quantitative estimate of drug-likeness (QED) is 0.214. The summed E-state index contributed by atoms with van der Waals surface area (Å²) in [7, 11) is 0. The van der Waals surface area contributed by atoms with Crippen LogP contribution in [-0.2, 0) is 11.3 Å². The third-order valence-electron chi connectivity index (χ3n) is 5.16. The molecule has 0 saturated heterocycles. The van der Waals surface area contributed by atoms with E-state index in [1.54, 1.807) is 13.8 Å². The minimum atomic E-state index is -0.867. The van der Waals surface area contributed by atoms with Crippen LogP contribution in [0.5, 0.6) is 0 Å². The van der Waals surface area contributed by atoms with Crippen LogP contribution in [0, 0.1) is 24.0 Å². The highest BCUT2D eigenvalue weighted by molar-refractivity contribution is 6.04. The van der Waals surface area contributed by atoms with E-state index in [2.05, 4.69) is 10.3 Å². The van der Waals surface area contributed by atoms with Gasteiger partial charge in [-0.2, -0.15) is 0 Å². The van der Waals surface area contributed by atoms with Crippen molar-refractivity contribution in [2.24, 2.45) is 0 Å². The summed E-state index contributed by atoms with van der Waals surface area (Å²) in [6.07, 6.45) is 0. The van der Waals surface area contributed by atoms with Crippen LogP contribution >= 0.6 is 0 Å². The number of carbonyl (C=O) groups excluding carboxylic acids is 3. The van der Waals surface area contributed by atoms with Crippen LogP contribution in [0.15, 0.2) is 48.5 Å². The Morgan fingerprint density at radius 1 is 1.09 bits per heavy atom. The van der Waals surface area contributed by atoms with Crippen molar-refractivity contribution < 1.29 is 24.0 Å². The lowest BCUT2D eigenvalue weighted by Gasteiger charge is -2.09. The van der Waals surface area contributed by atoms with Gasteiger partial charge in [-0.1, -0.05) is 30.3 Å². The molecule has 1 heterocycles. The van der Waals surface area contributed by atoms with Gasteiger partial charge >= 0.3 is 5.97 Å². The Morgan fingerprint density at radius 2 is 1.79 bits per heavy atom. The minimum absolute atomic E-state index is 0.0522. The fourth-order valence-corrected chi connectivity index (χ4v) is 3.60. The number of anilines is 1. The molecule has 0 fully saturated rings. The molecule has 0 atom stereocenters. The molecule has 2 N–H and O–H groups in total. The van der Waals surface area contributed by atoms with Crippen molar-refractivity contribution in [3.63, 3.8) is 0 Å². The van der Waals surface area contributed by atoms with E-state index in [0.29, 0.717) is 23.4 Å². The number of hydrogen-bond acceptors (Lipinski definition) is 7. The lowest BCUT2D eigenvalue weighted by atomic mass is 10.1. The number of carbonyl (C=O) groups is 3. The van der Waals surface area contributed by atoms with E-state index in [9.17, 15) is 24.5 Å². The molecule has 170 valence electrons. The number of nitro benzene ring substituents is 1. The van der Waals surface area contributed by atoms with Crippen molar-refractivity contribution in [1.82, 2.24) is 4.98 Å². The molecule has 0 bridgehead atoms. The summed E-state index contributed by atoms with van der Waals surface area (Å²) >= 11 is 0. The fraction of sp³-hybridized carbons (Fsp3) is 0.208. The van der Waals surface area contributed by atoms with Crippen molar-refractivity contribution in [2.45, 2.75) is 27.3 Å². The lowest BCUT2D eigenvalue weighted by molar-refractivity contribution is -0.384. The number of aryl methyl sites for hydroxylation is 1. The first-order valence-electron chi connectivity index (χ1n) is 10.2. The Labute approximate surface area is 189 Å². The summed E-state index contributed by atoms with van der Waals surface area (Å²) in [5, 5.41) is 14.5. The van der Waals surface area contributed by atoms with Crippen LogP contribution in [0.2, 0.25) is 0 Å². The number of hydrogen-bond donors (Lipinski definition) is 2. The van der Waals surface area contributed by atoms with Gasteiger partial charge in [0.2, 0.25) is 5.78 Å². The van der Waals surface area contributed by atoms with E-state index >= 15 is 0 Å². The van der Waals surface area contributed by atoms with Gasteiger partial charge < -0.3 is 15.0 Å². The molecule has 0 radical (unpaired) electrons. The number of nitro groups is 1. The topological polar surface area (TPSA) is 131 Å². The largest absolute Gasteiger partial charge is 0.454 e. The van der Waals surface area contributed by atoms with Crippen LogP contribution in [0.25, 0.3) is 0 Å². The molecular formula is C24H23N3O6. The van der Waals surface area contributed by atoms with Crippen molar-refractivity contribution >= 4 is 28.9 Å². The van der Waals surface area contributed by atoms with E-state index in [-0.39, 0.29) is 28.4 Å². The third kappa shape index (κ3) is 5.32. The number of ketones is 2.